The van der Waals surface area contributed by atoms with Crippen LogP contribution in [0.3, 0.4) is 0 Å². The third-order valence-corrected chi connectivity index (χ3v) is 4.31. The van der Waals surface area contributed by atoms with Gasteiger partial charge in [-0.05, 0) is 47.5 Å². The van der Waals surface area contributed by atoms with Crippen molar-refractivity contribution >= 4 is 34.6 Å². The van der Waals surface area contributed by atoms with E-state index in [2.05, 4.69) is 29.4 Å². The van der Waals surface area contributed by atoms with Crippen LogP contribution in [0.5, 0.6) is 5.75 Å². The van der Waals surface area contributed by atoms with Gasteiger partial charge in [0.25, 0.3) is 5.91 Å². The molecule has 4 nitrogen and oxygen atoms in total. The zero-order chi connectivity index (χ0) is 16.2. The summed E-state index contributed by atoms with van der Waals surface area (Å²) in [6, 6.07) is 14.7. The summed E-state index contributed by atoms with van der Waals surface area (Å²) in [5.74, 6) is -0.0126. The molecule has 2 N–H and O–H groups in total. The van der Waals surface area contributed by atoms with Crippen molar-refractivity contribution in [3.05, 3.63) is 64.6 Å². The van der Waals surface area contributed by atoms with E-state index < -0.39 is 0 Å². The molecule has 1 aliphatic rings. The van der Waals surface area contributed by atoms with Gasteiger partial charge in [-0.15, -0.1) is 0 Å². The van der Waals surface area contributed by atoms with Crippen LogP contribution in [0.15, 0.2) is 58.4 Å². The van der Waals surface area contributed by atoms with Gasteiger partial charge in [-0.2, -0.15) is 0 Å². The molecule has 1 fully saturated rings. The van der Waals surface area contributed by atoms with Crippen LogP contribution in [-0.2, 0) is 11.2 Å². The van der Waals surface area contributed by atoms with Crippen molar-refractivity contribution in [2.75, 3.05) is 0 Å². The highest BCUT2D eigenvalue weighted by Crippen LogP contribution is 2.28. The summed E-state index contributed by atoms with van der Waals surface area (Å²) in [5, 5.41) is 12.7. The van der Waals surface area contributed by atoms with Crippen LogP contribution >= 0.6 is 11.8 Å². The molecule has 116 valence electrons. The number of carbonyl (C=O) groups is 1. The standard InChI is InChI=1S/C18H16N2O2S/c1-2-12-6-8-13(9-7-12)10-16-17(22)20-18(23-16)19-14-4-3-5-15(21)11-14/h3-11,21H,2H2,1H3,(H,19,20,22)/b16-10-. The molecule has 5 heteroatoms. The summed E-state index contributed by atoms with van der Waals surface area (Å²) < 4.78 is 0. The topological polar surface area (TPSA) is 61.7 Å². The normalized spacial score (nSPS) is 17.7. The Kier molecular flexibility index (Phi) is 4.48. The lowest BCUT2D eigenvalue weighted by atomic mass is 10.1. The van der Waals surface area contributed by atoms with Crippen LogP contribution in [0.25, 0.3) is 6.08 Å². The summed E-state index contributed by atoms with van der Waals surface area (Å²) in [7, 11) is 0. The van der Waals surface area contributed by atoms with E-state index in [0.717, 1.165) is 12.0 Å². The first-order valence-electron chi connectivity index (χ1n) is 7.31. The molecule has 0 unspecified atom stereocenters. The summed E-state index contributed by atoms with van der Waals surface area (Å²) in [6.45, 7) is 2.11. The second-order valence-electron chi connectivity index (χ2n) is 5.10. The number of aryl methyl sites for hydroxylation is 1. The van der Waals surface area contributed by atoms with E-state index in [4.69, 9.17) is 0 Å². The Morgan fingerprint density at radius 1 is 1.22 bits per heavy atom. The Bertz CT molecular complexity index is 795. The fourth-order valence-electron chi connectivity index (χ4n) is 2.16. The molecule has 0 radical (unpaired) electrons. The number of nitrogens with zero attached hydrogens (tertiary/aromatic N) is 1. The molecule has 1 saturated heterocycles. The number of phenolic OH excluding ortho intramolecular Hbond substituents is 1. The fourth-order valence-corrected chi connectivity index (χ4v) is 3.00. The van der Waals surface area contributed by atoms with E-state index >= 15 is 0 Å². The smallest absolute Gasteiger partial charge is 0.264 e. The van der Waals surface area contributed by atoms with Gasteiger partial charge in [0, 0.05) is 6.07 Å². The van der Waals surface area contributed by atoms with Crippen LogP contribution in [0.1, 0.15) is 18.1 Å². The van der Waals surface area contributed by atoms with Gasteiger partial charge in [0.1, 0.15) is 5.75 Å². The van der Waals surface area contributed by atoms with Gasteiger partial charge in [0.15, 0.2) is 5.17 Å². The Morgan fingerprint density at radius 3 is 2.70 bits per heavy atom. The molecule has 1 heterocycles. The highest BCUT2D eigenvalue weighted by molar-refractivity contribution is 8.18. The minimum Gasteiger partial charge on any atom is -0.508 e. The molecule has 0 spiro atoms. The predicted molar refractivity (Wildman–Crippen MR) is 94.7 cm³/mol. The summed E-state index contributed by atoms with van der Waals surface area (Å²) in [4.78, 5) is 17.0. The number of phenols is 1. The molecule has 1 amide bonds. The van der Waals surface area contributed by atoms with E-state index in [9.17, 15) is 9.90 Å². The van der Waals surface area contributed by atoms with E-state index in [1.807, 2.05) is 18.2 Å². The van der Waals surface area contributed by atoms with Crippen molar-refractivity contribution in [1.82, 2.24) is 5.32 Å². The third kappa shape index (κ3) is 3.81. The molecule has 0 aromatic heterocycles. The number of hydrogen-bond donors (Lipinski definition) is 2. The number of aliphatic imine (C=N–C) groups is 1. The van der Waals surface area contributed by atoms with E-state index in [0.29, 0.717) is 15.8 Å². The molecular weight excluding hydrogens is 308 g/mol. The predicted octanol–water partition coefficient (Wildman–Crippen LogP) is 3.85. The van der Waals surface area contributed by atoms with Crippen molar-refractivity contribution in [2.45, 2.75) is 13.3 Å². The van der Waals surface area contributed by atoms with Crippen molar-refractivity contribution < 1.29 is 9.90 Å². The first-order chi connectivity index (χ1) is 11.1. The number of benzene rings is 2. The van der Waals surface area contributed by atoms with Crippen LogP contribution in [0.2, 0.25) is 0 Å². The lowest BCUT2D eigenvalue weighted by Gasteiger charge is -1.98. The third-order valence-electron chi connectivity index (χ3n) is 3.40. The Balaban J connectivity index is 1.80. The fraction of sp³-hybridized carbons (Fsp3) is 0.111. The number of amides is 1. The van der Waals surface area contributed by atoms with Crippen LogP contribution < -0.4 is 5.32 Å². The second-order valence-corrected chi connectivity index (χ2v) is 6.13. The quantitative estimate of drug-likeness (QED) is 0.843. The van der Waals surface area contributed by atoms with Crippen molar-refractivity contribution in [3.8, 4) is 5.75 Å². The minimum atomic E-state index is -0.159. The van der Waals surface area contributed by atoms with Crippen LogP contribution in [-0.4, -0.2) is 16.2 Å². The van der Waals surface area contributed by atoms with Crippen molar-refractivity contribution in [1.29, 1.82) is 0 Å². The summed E-state index contributed by atoms with van der Waals surface area (Å²) >= 11 is 1.29. The number of hydrogen-bond acceptors (Lipinski definition) is 4. The number of thioether (sulfide) groups is 1. The number of rotatable bonds is 3. The molecular formula is C18H16N2O2S. The first-order valence-corrected chi connectivity index (χ1v) is 8.13. The molecule has 0 bridgehead atoms. The van der Waals surface area contributed by atoms with Crippen LogP contribution in [0, 0.1) is 0 Å². The highest BCUT2D eigenvalue weighted by Gasteiger charge is 2.23. The van der Waals surface area contributed by atoms with Crippen LogP contribution in [0.4, 0.5) is 5.69 Å². The number of nitrogens with one attached hydrogen (secondary N) is 1. The highest BCUT2D eigenvalue weighted by atomic mass is 32.2. The monoisotopic (exact) mass is 324 g/mol. The zero-order valence-electron chi connectivity index (χ0n) is 12.6. The maximum Gasteiger partial charge on any atom is 0.264 e. The first kappa shape index (κ1) is 15.4. The van der Waals surface area contributed by atoms with Gasteiger partial charge in [-0.1, -0.05) is 37.3 Å². The van der Waals surface area contributed by atoms with Gasteiger partial charge in [-0.3, -0.25) is 4.79 Å². The minimum absolute atomic E-state index is 0.146. The van der Waals surface area contributed by atoms with E-state index in [1.165, 1.54) is 17.3 Å². The summed E-state index contributed by atoms with van der Waals surface area (Å²) in [5.41, 5.74) is 2.85. The average molecular weight is 324 g/mol. The second kappa shape index (κ2) is 6.71. The van der Waals surface area contributed by atoms with Crippen molar-refractivity contribution in [3.63, 3.8) is 0 Å². The molecule has 0 aliphatic carbocycles. The molecule has 0 atom stereocenters. The molecule has 2 aromatic carbocycles. The van der Waals surface area contributed by atoms with Gasteiger partial charge >= 0.3 is 0 Å². The molecule has 2 aromatic rings. The van der Waals surface area contributed by atoms with Gasteiger partial charge in [0.2, 0.25) is 0 Å². The molecule has 23 heavy (non-hydrogen) atoms. The number of amidine groups is 1. The Morgan fingerprint density at radius 2 is 2.00 bits per heavy atom. The molecule has 1 aliphatic heterocycles. The summed E-state index contributed by atoms with van der Waals surface area (Å²) in [6.07, 6.45) is 2.84. The van der Waals surface area contributed by atoms with E-state index in [1.54, 1.807) is 24.3 Å². The SMILES string of the molecule is CCc1ccc(/C=C2\SC(=Nc3cccc(O)c3)NC2=O)cc1. The maximum absolute atomic E-state index is 12.0. The lowest BCUT2D eigenvalue weighted by Crippen LogP contribution is -2.19. The zero-order valence-corrected chi connectivity index (χ0v) is 13.4. The number of carbonyl (C=O) groups excluding carboxylic acids is 1. The van der Waals surface area contributed by atoms with Gasteiger partial charge < -0.3 is 10.4 Å². The molecule has 0 saturated carbocycles. The van der Waals surface area contributed by atoms with Gasteiger partial charge in [-0.25, -0.2) is 4.99 Å². The Hall–Kier alpha value is -2.53. The largest absolute Gasteiger partial charge is 0.508 e. The molecule has 3 rings (SSSR count). The maximum atomic E-state index is 12.0. The average Bonchev–Trinajstić information content (AvgIpc) is 2.87. The van der Waals surface area contributed by atoms with Gasteiger partial charge in [0.05, 0.1) is 10.6 Å². The van der Waals surface area contributed by atoms with Crippen molar-refractivity contribution in [2.24, 2.45) is 4.99 Å². The Labute approximate surface area is 139 Å². The lowest BCUT2D eigenvalue weighted by molar-refractivity contribution is -0.115. The van der Waals surface area contributed by atoms with E-state index in [-0.39, 0.29) is 11.7 Å². The number of aromatic hydroxyl groups is 1.